The molecule has 2 heterocycles. The summed E-state index contributed by atoms with van der Waals surface area (Å²) in [5.41, 5.74) is 1.36. The zero-order valence-corrected chi connectivity index (χ0v) is 13.6. The van der Waals surface area contributed by atoms with Gasteiger partial charge >= 0.3 is 0 Å². The van der Waals surface area contributed by atoms with Crippen LogP contribution >= 0.6 is 0 Å². The van der Waals surface area contributed by atoms with Crippen LogP contribution < -0.4 is 10.0 Å². The van der Waals surface area contributed by atoms with Crippen LogP contribution in [-0.2, 0) is 16.4 Å². The number of sulfonamides is 1. The molecule has 6 nitrogen and oxygen atoms in total. The number of fused-ring (bicyclic) bond motifs is 1. The van der Waals surface area contributed by atoms with Crippen molar-refractivity contribution in [1.29, 1.82) is 0 Å². The van der Waals surface area contributed by atoms with Crippen LogP contribution in [0.3, 0.4) is 0 Å². The molecule has 3 rings (SSSR count). The van der Waals surface area contributed by atoms with E-state index in [1.165, 1.54) is 6.07 Å². The van der Waals surface area contributed by atoms with Crippen LogP contribution in [-0.4, -0.2) is 51.9 Å². The topological polar surface area (TPSA) is 78.5 Å². The van der Waals surface area contributed by atoms with E-state index in [2.05, 4.69) is 14.9 Å². The van der Waals surface area contributed by atoms with Gasteiger partial charge in [-0.3, -0.25) is 4.79 Å². The van der Waals surface area contributed by atoms with Gasteiger partial charge in [-0.05, 0) is 37.1 Å². The number of likely N-dealkylation sites (tertiary alicyclic amines) is 1. The lowest BCUT2D eigenvalue weighted by Gasteiger charge is -2.19. The summed E-state index contributed by atoms with van der Waals surface area (Å²) in [4.78, 5) is 14.1. The minimum absolute atomic E-state index is 0.0974. The smallest absolute Gasteiger partial charge is 0.251 e. The van der Waals surface area contributed by atoms with Crippen molar-refractivity contribution in [2.24, 2.45) is 5.92 Å². The Bertz CT molecular complexity index is 702. The quantitative estimate of drug-likeness (QED) is 0.833. The molecule has 7 heteroatoms. The minimum atomic E-state index is -3.61. The first-order chi connectivity index (χ1) is 10.4. The fraction of sp³-hybridized carbons (Fsp3) is 0.533. The van der Waals surface area contributed by atoms with Crippen LogP contribution in [0.2, 0.25) is 0 Å². The number of benzene rings is 1. The van der Waals surface area contributed by atoms with Gasteiger partial charge in [0, 0.05) is 31.2 Å². The molecule has 1 aromatic rings. The zero-order chi connectivity index (χ0) is 15.9. The summed E-state index contributed by atoms with van der Waals surface area (Å²) < 4.78 is 27.9. The summed E-state index contributed by atoms with van der Waals surface area (Å²) in [5.74, 6) is 0.0629. The number of likely N-dealkylation sites (N-methyl/N-ethyl adjacent to an activating group) is 1. The average molecular weight is 323 g/mol. The highest BCUT2D eigenvalue weighted by Gasteiger charge is 2.31. The summed E-state index contributed by atoms with van der Waals surface area (Å²) in [7, 11) is -1.63. The van der Waals surface area contributed by atoms with Gasteiger partial charge in [-0.1, -0.05) is 13.0 Å². The number of carbonyl (C=O) groups is 1. The van der Waals surface area contributed by atoms with Gasteiger partial charge in [0.05, 0.1) is 4.90 Å². The minimum Gasteiger partial charge on any atom is -0.352 e. The molecule has 0 bridgehead atoms. The molecule has 0 aliphatic carbocycles. The first-order valence-corrected chi connectivity index (χ1v) is 8.97. The second kappa shape index (κ2) is 5.64. The predicted molar refractivity (Wildman–Crippen MR) is 83.2 cm³/mol. The van der Waals surface area contributed by atoms with Crippen molar-refractivity contribution in [3.05, 3.63) is 29.3 Å². The number of nitrogens with zero attached hydrogens (tertiary/aromatic N) is 1. The van der Waals surface area contributed by atoms with E-state index in [0.717, 1.165) is 18.5 Å². The monoisotopic (exact) mass is 323 g/mol. The molecule has 1 fully saturated rings. The number of hydrogen-bond acceptors (Lipinski definition) is 4. The van der Waals surface area contributed by atoms with Gasteiger partial charge in [0.2, 0.25) is 10.0 Å². The largest absolute Gasteiger partial charge is 0.352 e. The van der Waals surface area contributed by atoms with E-state index < -0.39 is 10.0 Å². The van der Waals surface area contributed by atoms with Gasteiger partial charge in [-0.2, -0.15) is 0 Å². The van der Waals surface area contributed by atoms with Crippen molar-refractivity contribution in [3.63, 3.8) is 0 Å². The van der Waals surface area contributed by atoms with Crippen molar-refractivity contribution in [1.82, 2.24) is 14.9 Å². The van der Waals surface area contributed by atoms with E-state index in [1.807, 2.05) is 14.0 Å². The van der Waals surface area contributed by atoms with E-state index in [0.29, 0.717) is 18.7 Å². The van der Waals surface area contributed by atoms with Gasteiger partial charge in [0.15, 0.2) is 0 Å². The van der Waals surface area contributed by atoms with Crippen molar-refractivity contribution >= 4 is 15.9 Å². The van der Waals surface area contributed by atoms with Gasteiger partial charge < -0.3 is 10.2 Å². The van der Waals surface area contributed by atoms with Gasteiger partial charge in [-0.15, -0.1) is 0 Å². The van der Waals surface area contributed by atoms with E-state index in [1.54, 1.807) is 12.1 Å². The molecule has 2 atom stereocenters. The van der Waals surface area contributed by atoms with E-state index in [-0.39, 0.29) is 22.8 Å². The molecule has 120 valence electrons. The third-order valence-electron chi connectivity index (χ3n) is 4.42. The molecular weight excluding hydrogens is 302 g/mol. The highest BCUT2D eigenvalue weighted by Crippen LogP contribution is 2.21. The Morgan fingerprint density at radius 2 is 2.09 bits per heavy atom. The van der Waals surface area contributed by atoms with Crippen molar-refractivity contribution in [2.45, 2.75) is 24.3 Å². The van der Waals surface area contributed by atoms with Gasteiger partial charge in [-0.25, -0.2) is 13.1 Å². The number of hydrogen-bond donors (Lipinski definition) is 2. The Kier molecular flexibility index (Phi) is 3.96. The standard InChI is InChI=1S/C15H21N3O3S/c1-10-8-18(2)9-14(10)17-22(20,21)12-4-3-11-5-6-16-15(19)13(11)7-12/h3-4,7,10,14,17H,5-6,8-9H2,1-2H3,(H,16,19)/t10-,14+/m0/s1. The van der Waals surface area contributed by atoms with Crippen molar-refractivity contribution in [2.75, 3.05) is 26.7 Å². The number of amides is 1. The van der Waals surface area contributed by atoms with Gasteiger partial charge in [0.1, 0.15) is 0 Å². The second-order valence-electron chi connectivity index (χ2n) is 6.25. The molecule has 0 radical (unpaired) electrons. The molecule has 1 aromatic carbocycles. The zero-order valence-electron chi connectivity index (χ0n) is 12.8. The lowest BCUT2D eigenvalue weighted by Crippen LogP contribution is -2.39. The predicted octanol–water partition coefficient (Wildman–Crippen LogP) is 0.201. The van der Waals surface area contributed by atoms with E-state index in [4.69, 9.17) is 0 Å². The van der Waals surface area contributed by atoms with E-state index >= 15 is 0 Å². The molecule has 2 aliphatic rings. The first kappa shape index (κ1) is 15.5. The Morgan fingerprint density at radius 3 is 2.77 bits per heavy atom. The number of rotatable bonds is 3. The van der Waals surface area contributed by atoms with Crippen LogP contribution in [0.4, 0.5) is 0 Å². The molecule has 0 saturated carbocycles. The van der Waals surface area contributed by atoms with Crippen LogP contribution in [0.5, 0.6) is 0 Å². The average Bonchev–Trinajstić information content (AvgIpc) is 2.76. The third kappa shape index (κ3) is 2.88. The Hall–Kier alpha value is -1.44. The van der Waals surface area contributed by atoms with Crippen molar-refractivity contribution < 1.29 is 13.2 Å². The van der Waals surface area contributed by atoms with Crippen LogP contribution in [0.15, 0.2) is 23.1 Å². The highest BCUT2D eigenvalue weighted by atomic mass is 32.2. The maximum Gasteiger partial charge on any atom is 0.251 e. The molecule has 2 aliphatic heterocycles. The second-order valence-corrected chi connectivity index (χ2v) is 7.97. The SMILES string of the molecule is C[C@H]1CN(C)C[C@H]1NS(=O)(=O)c1ccc2c(c1)C(=O)NCC2. The van der Waals surface area contributed by atoms with Crippen LogP contribution in [0, 0.1) is 5.92 Å². The molecule has 0 unspecified atom stereocenters. The summed E-state index contributed by atoms with van der Waals surface area (Å²) >= 11 is 0. The first-order valence-electron chi connectivity index (χ1n) is 7.49. The molecule has 1 amide bonds. The molecule has 2 N–H and O–H groups in total. The van der Waals surface area contributed by atoms with Crippen LogP contribution in [0.25, 0.3) is 0 Å². The van der Waals surface area contributed by atoms with Crippen molar-refractivity contribution in [3.8, 4) is 0 Å². The number of carbonyl (C=O) groups excluding carboxylic acids is 1. The fourth-order valence-electron chi connectivity index (χ4n) is 3.19. The Morgan fingerprint density at radius 1 is 1.32 bits per heavy atom. The molecule has 22 heavy (non-hydrogen) atoms. The fourth-order valence-corrected chi connectivity index (χ4v) is 4.55. The van der Waals surface area contributed by atoms with Gasteiger partial charge in [0.25, 0.3) is 5.91 Å². The summed E-state index contributed by atoms with van der Waals surface area (Å²) in [6, 6.07) is 4.71. The van der Waals surface area contributed by atoms with Crippen LogP contribution in [0.1, 0.15) is 22.8 Å². The lowest BCUT2D eigenvalue weighted by atomic mass is 10.0. The lowest BCUT2D eigenvalue weighted by molar-refractivity contribution is 0.0945. The molecular formula is C15H21N3O3S. The third-order valence-corrected chi connectivity index (χ3v) is 5.91. The Balaban J connectivity index is 1.86. The Labute approximate surface area is 130 Å². The maximum absolute atomic E-state index is 12.6. The van der Waals surface area contributed by atoms with E-state index in [9.17, 15) is 13.2 Å². The highest BCUT2D eigenvalue weighted by molar-refractivity contribution is 7.89. The maximum atomic E-state index is 12.6. The molecule has 0 aromatic heterocycles. The normalized spacial score (nSPS) is 25.8. The summed E-state index contributed by atoms with van der Waals surface area (Å²) in [6.07, 6.45) is 0.735. The molecule has 0 spiro atoms. The summed E-state index contributed by atoms with van der Waals surface area (Å²) in [5, 5.41) is 2.74. The number of nitrogens with one attached hydrogen (secondary N) is 2. The molecule has 1 saturated heterocycles. The summed E-state index contributed by atoms with van der Waals surface area (Å²) in [6.45, 7) is 4.21.